The number of nitrogens with one attached hydrogen (secondary N) is 1. The molecule has 0 aromatic heterocycles. The summed E-state index contributed by atoms with van der Waals surface area (Å²) in [4.78, 5) is 0. The van der Waals surface area contributed by atoms with Crippen LogP contribution in [0, 0.1) is 17.2 Å². The zero-order valence-corrected chi connectivity index (χ0v) is 9.76. The molecule has 0 bridgehead atoms. The summed E-state index contributed by atoms with van der Waals surface area (Å²) in [5.41, 5.74) is 0.322. The largest absolute Gasteiger partial charge is 0.307 e. The Morgan fingerprint density at radius 2 is 1.87 bits per heavy atom. The van der Waals surface area contributed by atoms with Gasteiger partial charge in [-0.2, -0.15) is 5.26 Å². The normalized spacial score (nSPS) is 34.9. The van der Waals surface area contributed by atoms with Crippen LogP contribution in [0.25, 0.3) is 0 Å². The van der Waals surface area contributed by atoms with Gasteiger partial charge in [-0.1, -0.05) is 25.7 Å². The minimum absolute atomic E-state index is 0.267. The van der Waals surface area contributed by atoms with E-state index in [4.69, 9.17) is 5.26 Å². The summed E-state index contributed by atoms with van der Waals surface area (Å²) in [7, 11) is 0. The maximum atomic E-state index is 9.06. The molecule has 0 spiro atoms. The van der Waals surface area contributed by atoms with Crippen molar-refractivity contribution in [3.8, 4) is 6.07 Å². The molecular weight excluding hydrogens is 184 g/mol. The van der Waals surface area contributed by atoms with Gasteiger partial charge >= 0.3 is 0 Å². The van der Waals surface area contributed by atoms with Crippen LogP contribution in [0.4, 0.5) is 0 Å². The molecule has 2 saturated carbocycles. The van der Waals surface area contributed by atoms with Gasteiger partial charge in [-0.3, -0.25) is 0 Å². The Kier molecular flexibility index (Phi) is 3.31. The Balaban J connectivity index is 1.92. The Hall–Kier alpha value is -0.550. The molecule has 2 fully saturated rings. The molecule has 0 aromatic rings. The third-order valence-electron chi connectivity index (χ3n) is 4.17. The van der Waals surface area contributed by atoms with E-state index in [1.165, 1.54) is 44.9 Å². The highest BCUT2D eigenvalue weighted by atomic mass is 15.0. The number of nitriles is 1. The molecule has 2 aliphatic rings. The molecule has 84 valence electrons. The van der Waals surface area contributed by atoms with Gasteiger partial charge in [0.05, 0.1) is 12.0 Å². The quantitative estimate of drug-likeness (QED) is 0.754. The van der Waals surface area contributed by atoms with Crippen LogP contribution in [0.5, 0.6) is 0 Å². The molecule has 0 saturated heterocycles. The van der Waals surface area contributed by atoms with Crippen molar-refractivity contribution >= 4 is 0 Å². The van der Waals surface area contributed by atoms with E-state index in [0.717, 1.165) is 6.42 Å². The lowest BCUT2D eigenvalue weighted by Crippen LogP contribution is -2.50. The summed E-state index contributed by atoms with van der Waals surface area (Å²) in [5, 5.41) is 12.8. The second-order valence-corrected chi connectivity index (χ2v) is 5.54. The monoisotopic (exact) mass is 206 g/mol. The Morgan fingerprint density at radius 3 is 2.53 bits per heavy atom. The molecule has 0 radical (unpaired) electrons. The van der Waals surface area contributed by atoms with Gasteiger partial charge in [0, 0.05) is 11.6 Å². The summed E-state index contributed by atoms with van der Waals surface area (Å²) in [5.74, 6) is 0.267. The zero-order valence-electron chi connectivity index (χ0n) is 9.76. The molecular formula is C13H22N2. The van der Waals surface area contributed by atoms with Crippen LogP contribution in [0.15, 0.2) is 0 Å². The van der Waals surface area contributed by atoms with Gasteiger partial charge in [0.15, 0.2) is 0 Å². The molecule has 2 nitrogen and oxygen atoms in total. The predicted molar refractivity (Wildman–Crippen MR) is 61.4 cm³/mol. The third-order valence-corrected chi connectivity index (χ3v) is 4.17. The average molecular weight is 206 g/mol. The first-order valence-corrected chi connectivity index (χ1v) is 6.41. The molecule has 15 heavy (non-hydrogen) atoms. The van der Waals surface area contributed by atoms with Crippen molar-refractivity contribution in [1.29, 1.82) is 5.26 Å². The van der Waals surface area contributed by atoms with E-state index >= 15 is 0 Å². The number of rotatable bonds is 2. The van der Waals surface area contributed by atoms with Crippen molar-refractivity contribution < 1.29 is 0 Å². The van der Waals surface area contributed by atoms with E-state index in [1.54, 1.807) is 0 Å². The SMILES string of the molecule is CC1(NC2CCCC2C#N)CCCCC1. The lowest BCUT2D eigenvalue weighted by atomic mass is 9.82. The van der Waals surface area contributed by atoms with Crippen LogP contribution >= 0.6 is 0 Å². The average Bonchev–Trinajstić information content (AvgIpc) is 2.65. The van der Waals surface area contributed by atoms with Crippen molar-refractivity contribution in [3.63, 3.8) is 0 Å². The lowest BCUT2D eigenvalue weighted by molar-refractivity contribution is 0.218. The van der Waals surface area contributed by atoms with Crippen LogP contribution in [-0.4, -0.2) is 11.6 Å². The molecule has 0 heterocycles. The highest BCUT2D eigenvalue weighted by Crippen LogP contribution is 2.32. The van der Waals surface area contributed by atoms with Gasteiger partial charge in [0.25, 0.3) is 0 Å². The van der Waals surface area contributed by atoms with E-state index in [2.05, 4.69) is 18.3 Å². The van der Waals surface area contributed by atoms with Gasteiger partial charge in [-0.15, -0.1) is 0 Å². The van der Waals surface area contributed by atoms with Crippen molar-refractivity contribution in [2.24, 2.45) is 5.92 Å². The van der Waals surface area contributed by atoms with Crippen molar-refractivity contribution in [3.05, 3.63) is 0 Å². The zero-order chi connectivity index (χ0) is 10.7. The van der Waals surface area contributed by atoms with Gasteiger partial charge in [0.1, 0.15) is 0 Å². The smallest absolute Gasteiger partial charge is 0.0672 e. The van der Waals surface area contributed by atoms with Gasteiger partial charge in [-0.05, 0) is 32.6 Å². The van der Waals surface area contributed by atoms with Crippen molar-refractivity contribution in [2.75, 3.05) is 0 Å². The predicted octanol–water partition coefficient (Wildman–Crippen LogP) is 2.99. The van der Waals surface area contributed by atoms with Crippen LogP contribution in [0.1, 0.15) is 58.3 Å². The first-order chi connectivity index (χ1) is 7.23. The fourth-order valence-corrected chi connectivity index (χ4v) is 3.21. The van der Waals surface area contributed by atoms with E-state index in [0.29, 0.717) is 11.6 Å². The molecule has 2 unspecified atom stereocenters. The fraction of sp³-hybridized carbons (Fsp3) is 0.923. The van der Waals surface area contributed by atoms with Crippen LogP contribution in [0.3, 0.4) is 0 Å². The standard InChI is InChI=1S/C13H22N2/c1-13(8-3-2-4-9-13)15-12-7-5-6-11(12)10-14/h11-12,15H,2-9H2,1H3. The van der Waals surface area contributed by atoms with Crippen LogP contribution in [0.2, 0.25) is 0 Å². The molecule has 0 aliphatic heterocycles. The van der Waals surface area contributed by atoms with Crippen LogP contribution in [-0.2, 0) is 0 Å². The summed E-state index contributed by atoms with van der Waals surface area (Å²) >= 11 is 0. The van der Waals surface area contributed by atoms with Crippen molar-refractivity contribution in [2.45, 2.75) is 69.9 Å². The maximum absolute atomic E-state index is 9.06. The summed E-state index contributed by atoms with van der Waals surface area (Å²) in [6.07, 6.45) is 10.2. The fourth-order valence-electron chi connectivity index (χ4n) is 3.21. The summed E-state index contributed by atoms with van der Waals surface area (Å²) in [6, 6.07) is 2.93. The van der Waals surface area contributed by atoms with Crippen LogP contribution < -0.4 is 5.32 Å². The topological polar surface area (TPSA) is 35.8 Å². The molecule has 2 rings (SSSR count). The Labute approximate surface area is 93.0 Å². The maximum Gasteiger partial charge on any atom is 0.0672 e. The minimum Gasteiger partial charge on any atom is -0.307 e. The second kappa shape index (κ2) is 4.53. The van der Waals surface area contributed by atoms with Gasteiger partial charge in [-0.25, -0.2) is 0 Å². The lowest BCUT2D eigenvalue weighted by Gasteiger charge is -2.38. The Morgan fingerprint density at radius 1 is 1.13 bits per heavy atom. The Bertz CT molecular complexity index is 248. The molecule has 1 N–H and O–H groups in total. The number of hydrogen-bond donors (Lipinski definition) is 1. The van der Waals surface area contributed by atoms with Gasteiger partial charge < -0.3 is 5.32 Å². The first kappa shape index (κ1) is 11.0. The minimum atomic E-state index is 0.267. The molecule has 2 atom stereocenters. The number of nitrogens with zero attached hydrogens (tertiary/aromatic N) is 1. The van der Waals surface area contributed by atoms with E-state index in [-0.39, 0.29) is 5.92 Å². The molecule has 0 amide bonds. The molecule has 2 heteroatoms. The van der Waals surface area contributed by atoms with E-state index in [1.807, 2.05) is 0 Å². The molecule has 0 aromatic carbocycles. The summed E-state index contributed by atoms with van der Waals surface area (Å²) < 4.78 is 0. The second-order valence-electron chi connectivity index (χ2n) is 5.54. The highest BCUT2D eigenvalue weighted by Gasteiger charge is 2.34. The first-order valence-electron chi connectivity index (χ1n) is 6.41. The van der Waals surface area contributed by atoms with Crippen molar-refractivity contribution in [1.82, 2.24) is 5.32 Å². The van der Waals surface area contributed by atoms with E-state index < -0.39 is 0 Å². The number of hydrogen-bond acceptors (Lipinski definition) is 2. The highest BCUT2D eigenvalue weighted by molar-refractivity contribution is 5.00. The third kappa shape index (κ3) is 2.52. The summed E-state index contributed by atoms with van der Waals surface area (Å²) in [6.45, 7) is 2.35. The van der Waals surface area contributed by atoms with E-state index in [9.17, 15) is 0 Å². The van der Waals surface area contributed by atoms with Gasteiger partial charge in [0.2, 0.25) is 0 Å². The molecule has 2 aliphatic carbocycles.